The molecule has 5 heteroatoms. The van der Waals surface area contributed by atoms with Gasteiger partial charge in [0.15, 0.2) is 0 Å². The smallest absolute Gasteiger partial charge is 0.269 e. The van der Waals surface area contributed by atoms with Crippen LogP contribution in [0.25, 0.3) is 0 Å². The van der Waals surface area contributed by atoms with Gasteiger partial charge in [-0.25, -0.2) is 0 Å². The van der Waals surface area contributed by atoms with Gasteiger partial charge in [-0.1, -0.05) is 15.9 Å². The fourth-order valence-corrected chi connectivity index (χ4v) is 1.47. The number of nitrogens with two attached hydrogens (primary N) is 1. The molecule has 1 rings (SSSR count). The molecule has 0 radical (unpaired) electrons. The third kappa shape index (κ3) is 2.50. The summed E-state index contributed by atoms with van der Waals surface area (Å²) < 4.78 is 0.864. The van der Waals surface area contributed by atoms with Crippen LogP contribution in [0.1, 0.15) is 5.56 Å². The molecule has 1 aromatic carbocycles. The van der Waals surface area contributed by atoms with Gasteiger partial charge in [-0.05, 0) is 24.6 Å². The van der Waals surface area contributed by atoms with E-state index in [2.05, 4.69) is 15.9 Å². The maximum Gasteiger partial charge on any atom is 0.269 e. The summed E-state index contributed by atoms with van der Waals surface area (Å²) in [6.07, 6.45) is 0.641. The lowest BCUT2D eigenvalue weighted by molar-refractivity contribution is -0.384. The van der Waals surface area contributed by atoms with Gasteiger partial charge in [-0.15, -0.1) is 0 Å². The summed E-state index contributed by atoms with van der Waals surface area (Å²) in [4.78, 5) is 10.0. The first-order chi connectivity index (χ1) is 6.15. The second kappa shape index (κ2) is 4.34. The van der Waals surface area contributed by atoms with Gasteiger partial charge in [-0.3, -0.25) is 10.1 Å². The molecule has 0 spiro atoms. The van der Waals surface area contributed by atoms with Gasteiger partial charge >= 0.3 is 0 Å². The Labute approximate surface area is 84.0 Å². The van der Waals surface area contributed by atoms with Gasteiger partial charge in [0.2, 0.25) is 0 Å². The Balaban J connectivity index is 3.03. The summed E-state index contributed by atoms with van der Waals surface area (Å²) in [5, 5.41) is 10.4. The van der Waals surface area contributed by atoms with E-state index in [-0.39, 0.29) is 5.69 Å². The zero-order valence-corrected chi connectivity index (χ0v) is 8.45. The van der Waals surface area contributed by atoms with Crippen LogP contribution in [0.3, 0.4) is 0 Å². The molecule has 2 N–H and O–H groups in total. The van der Waals surface area contributed by atoms with E-state index in [0.717, 1.165) is 10.0 Å². The Bertz CT molecular complexity index is 328. The Morgan fingerprint density at radius 2 is 2.23 bits per heavy atom. The average Bonchev–Trinajstić information content (AvgIpc) is 2.08. The minimum Gasteiger partial charge on any atom is -0.330 e. The van der Waals surface area contributed by atoms with Crippen molar-refractivity contribution in [1.29, 1.82) is 0 Å². The first kappa shape index (κ1) is 10.1. The third-order valence-electron chi connectivity index (χ3n) is 1.65. The van der Waals surface area contributed by atoms with Crippen LogP contribution in [0.15, 0.2) is 22.7 Å². The molecule has 13 heavy (non-hydrogen) atoms. The normalized spacial score (nSPS) is 10.0. The molecule has 0 saturated carbocycles. The van der Waals surface area contributed by atoms with Gasteiger partial charge in [0.1, 0.15) is 0 Å². The van der Waals surface area contributed by atoms with Crippen molar-refractivity contribution in [2.45, 2.75) is 6.42 Å². The van der Waals surface area contributed by atoms with Crippen LogP contribution in [0, 0.1) is 10.1 Å². The maximum absolute atomic E-state index is 10.4. The predicted octanol–water partition coefficient (Wildman–Crippen LogP) is 1.86. The van der Waals surface area contributed by atoms with Gasteiger partial charge < -0.3 is 5.73 Å². The van der Waals surface area contributed by atoms with Crippen molar-refractivity contribution < 1.29 is 4.92 Å². The first-order valence-electron chi connectivity index (χ1n) is 3.78. The number of halogens is 1. The van der Waals surface area contributed by atoms with Crippen LogP contribution < -0.4 is 5.73 Å². The Hall–Kier alpha value is -0.940. The van der Waals surface area contributed by atoms with E-state index in [1.165, 1.54) is 12.1 Å². The van der Waals surface area contributed by atoms with Gasteiger partial charge in [0.05, 0.1) is 4.92 Å². The Morgan fingerprint density at radius 1 is 1.54 bits per heavy atom. The summed E-state index contributed by atoms with van der Waals surface area (Å²) in [6, 6.07) is 4.67. The molecule has 4 nitrogen and oxygen atoms in total. The predicted molar refractivity (Wildman–Crippen MR) is 53.6 cm³/mol. The summed E-state index contributed by atoms with van der Waals surface area (Å²) in [7, 11) is 0. The number of benzene rings is 1. The standard InChI is InChI=1S/C8H9BrN2O2/c9-8-2-1-7(11(12)13)5-6(8)3-4-10/h1-2,5H,3-4,10H2. The van der Waals surface area contributed by atoms with Crippen molar-refractivity contribution in [3.63, 3.8) is 0 Å². The molecule has 0 heterocycles. The third-order valence-corrected chi connectivity index (χ3v) is 2.43. The van der Waals surface area contributed by atoms with E-state index in [1.807, 2.05) is 0 Å². The highest BCUT2D eigenvalue weighted by atomic mass is 79.9. The Kier molecular flexibility index (Phi) is 3.39. The monoisotopic (exact) mass is 244 g/mol. The van der Waals surface area contributed by atoms with Crippen molar-refractivity contribution in [1.82, 2.24) is 0 Å². The summed E-state index contributed by atoms with van der Waals surface area (Å²) in [5.74, 6) is 0. The van der Waals surface area contributed by atoms with Gasteiger partial charge in [0, 0.05) is 16.6 Å². The second-order valence-electron chi connectivity index (χ2n) is 2.57. The van der Waals surface area contributed by atoms with E-state index in [0.29, 0.717) is 13.0 Å². The molecule has 70 valence electrons. The van der Waals surface area contributed by atoms with Crippen LogP contribution in [-0.2, 0) is 6.42 Å². The number of nitrogens with zero attached hydrogens (tertiary/aromatic N) is 1. The van der Waals surface area contributed by atoms with Gasteiger partial charge in [0.25, 0.3) is 5.69 Å². The number of non-ortho nitro benzene ring substituents is 1. The van der Waals surface area contributed by atoms with E-state index >= 15 is 0 Å². The first-order valence-corrected chi connectivity index (χ1v) is 4.57. The fraction of sp³-hybridized carbons (Fsp3) is 0.250. The highest BCUT2D eigenvalue weighted by Crippen LogP contribution is 2.22. The average molecular weight is 245 g/mol. The molecule has 0 aromatic heterocycles. The summed E-state index contributed by atoms with van der Waals surface area (Å²) >= 11 is 3.30. The lowest BCUT2D eigenvalue weighted by Crippen LogP contribution is -2.03. The quantitative estimate of drug-likeness (QED) is 0.652. The maximum atomic E-state index is 10.4. The van der Waals surface area contributed by atoms with Crippen molar-refractivity contribution in [2.75, 3.05) is 6.54 Å². The largest absolute Gasteiger partial charge is 0.330 e. The van der Waals surface area contributed by atoms with E-state index in [4.69, 9.17) is 5.73 Å². The van der Waals surface area contributed by atoms with Crippen molar-refractivity contribution in [3.8, 4) is 0 Å². The minimum absolute atomic E-state index is 0.103. The number of nitro benzene ring substituents is 1. The minimum atomic E-state index is -0.410. The van der Waals surface area contributed by atoms with E-state index < -0.39 is 4.92 Å². The van der Waals surface area contributed by atoms with Gasteiger partial charge in [-0.2, -0.15) is 0 Å². The number of nitro groups is 1. The molecule has 1 aromatic rings. The molecule has 0 atom stereocenters. The van der Waals surface area contributed by atoms with E-state index in [1.54, 1.807) is 6.07 Å². The number of hydrogen-bond donors (Lipinski definition) is 1. The topological polar surface area (TPSA) is 69.2 Å². The molecule has 0 unspecified atom stereocenters. The highest BCUT2D eigenvalue weighted by molar-refractivity contribution is 9.10. The second-order valence-corrected chi connectivity index (χ2v) is 3.43. The zero-order chi connectivity index (χ0) is 9.84. The summed E-state index contributed by atoms with van der Waals surface area (Å²) in [5.41, 5.74) is 6.34. The molecule has 0 aliphatic rings. The molecular weight excluding hydrogens is 236 g/mol. The molecule has 0 aliphatic heterocycles. The van der Waals surface area contributed by atoms with Crippen LogP contribution in [0.2, 0.25) is 0 Å². The lowest BCUT2D eigenvalue weighted by Gasteiger charge is -2.01. The molecule has 0 saturated heterocycles. The zero-order valence-electron chi connectivity index (χ0n) is 6.87. The van der Waals surface area contributed by atoms with Crippen LogP contribution >= 0.6 is 15.9 Å². The molecule has 0 bridgehead atoms. The van der Waals surface area contributed by atoms with Crippen molar-refractivity contribution in [3.05, 3.63) is 38.3 Å². The highest BCUT2D eigenvalue weighted by Gasteiger charge is 2.08. The SMILES string of the molecule is NCCc1cc([N+](=O)[O-])ccc1Br. The molecule has 0 fully saturated rings. The van der Waals surface area contributed by atoms with Crippen LogP contribution in [0.5, 0.6) is 0 Å². The van der Waals surface area contributed by atoms with Crippen LogP contribution in [-0.4, -0.2) is 11.5 Å². The lowest BCUT2D eigenvalue weighted by atomic mass is 10.1. The summed E-state index contributed by atoms with van der Waals surface area (Å²) in [6.45, 7) is 0.486. The molecule has 0 aliphatic carbocycles. The van der Waals surface area contributed by atoms with Crippen molar-refractivity contribution >= 4 is 21.6 Å². The fourth-order valence-electron chi connectivity index (χ4n) is 1.02. The molecule has 0 amide bonds. The number of hydrogen-bond acceptors (Lipinski definition) is 3. The van der Waals surface area contributed by atoms with Crippen LogP contribution in [0.4, 0.5) is 5.69 Å². The number of rotatable bonds is 3. The van der Waals surface area contributed by atoms with Crippen molar-refractivity contribution in [2.24, 2.45) is 5.73 Å². The van der Waals surface area contributed by atoms with E-state index in [9.17, 15) is 10.1 Å². The molecular formula is C8H9BrN2O2. The Morgan fingerprint density at radius 3 is 2.77 bits per heavy atom.